The third-order valence-electron chi connectivity index (χ3n) is 5.50. The van der Waals surface area contributed by atoms with Crippen LogP contribution in [-0.2, 0) is 6.54 Å². The Hall–Kier alpha value is -0.610. The van der Waals surface area contributed by atoms with Crippen molar-refractivity contribution in [1.82, 2.24) is 10.3 Å². The summed E-state index contributed by atoms with van der Waals surface area (Å²) in [6, 6.07) is 1.57. The van der Waals surface area contributed by atoms with Gasteiger partial charge in [-0.15, -0.1) is 11.3 Å². The maximum absolute atomic E-state index is 4.92. The molecule has 0 spiro atoms. The van der Waals surface area contributed by atoms with Gasteiger partial charge in [0, 0.05) is 30.1 Å². The first-order valence-corrected chi connectivity index (χ1v) is 9.59. The highest BCUT2D eigenvalue weighted by atomic mass is 32.1. The summed E-state index contributed by atoms with van der Waals surface area (Å²) >= 11 is 1.94. The molecule has 3 aliphatic rings. The van der Waals surface area contributed by atoms with E-state index in [0.29, 0.717) is 0 Å². The Labute approximate surface area is 132 Å². The summed E-state index contributed by atoms with van der Waals surface area (Å²) in [5, 5.41) is 4.94. The number of anilines is 1. The van der Waals surface area contributed by atoms with E-state index in [4.69, 9.17) is 4.98 Å². The van der Waals surface area contributed by atoms with Crippen molar-refractivity contribution < 1.29 is 0 Å². The fraction of sp³-hybridized carbons (Fsp3) is 0.824. The summed E-state index contributed by atoms with van der Waals surface area (Å²) in [5.74, 6) is 0.935. The van der Waals surface area contributed by atoms with E-state index in [1.165, 1.54) is 73.6 Å². The van der Waals surface area contributed by atoms with E-state index in [9.17, 15) is 0 Å². The molecule has 0 amide bonds. The van der Waals surface area contributed by atoms with E-state index in [2.05, 4.69) is 17.1 Å². The number of rotatable bonds is 5. The average Bonchev–Trinajstić information content (AvgIpc) is 2.92. The lowest BCUT2D eigenvalue weighted by Crippen LogP contribution is -2.34. The highest BCUT2D eigenvalue weighted by Crippen LogP contribution is 2.39. The molecule has 1 aliphatic heterocycles. The summed E-state index contributed by atoms with van der Waals surface area (Å²) in [6.07, 6.45) is 11.3. The summed E-state index contributed by atoms with van der Waals surface area (Å²) in [6.45, 7) is 4.43. The van der Waals surface area contributed by atoms with Crippen LogP contribution in [0.1, 0.15) is 61.9 Å². The summed E-state index contributed by atoms with van der Waals surface area (Å²) in [7, 11) is 0. The molecule has 21 heavy (non-hydrogen) atoms. The zero-order chi connectivity index (χ0) is 14.2. The van der Waals surface area contributed by atoms with Crippen LogP contribution < -0.4 is 10.2 Å². The van der Waals surface area contributed by atoms with Crippen molar-refractivity contribution in [2.24, 2.45) is 5.92 Å². The first kappa shape index (κ1) is 14.0. The second-order valence-corrected chi connectivity index (χ2v) is 8.17. The molecule has 1 saturated heterocycles. The van der Waals surface area contributed by atoms with Crippen molar-refractivity contribution in [3.8, 4) is 0 Å². The predicted molar refractivity (Wildman–Crippen MR) is 89.0 cm³/mol. The number of thiazole rings is 1. The first-order chi connectivity index (χ1) is 10.3. The van der Waals surface area contributed by atoms with Crippen molar-refractivity contribution in [3.05, 3.63) is 10.6 Å². The fourth-order valence-corrected chi connectivity index (χ4v) is 5.18. The van der Waals surface area contributed by atoms with Crippen LogP contribution in [0, 0.1) is 12.8 Å². The molecule has 2 aliphatic carbocycles. The Kier molecular flexibility index (Phi) is 3.92. The molecule has 1 unspecified atom stereocenters. The molecule has 0 radical (unpaired) electrons. The molecule has 3 nitrogen and oxygen atoms in total. The third-order valence-corrected chi connectivity index (χ3v) is 6.69. The topological polar surface area (TPSA) is 28.2 Å². The van der Waals surface area contributed by atoms with Crippen molar-refractivity contribution in [3.63, 3.8) is 0 Å². The number of hydrogen-bond acceptors (Lipinski definition) is 4. The van der Waals surface area contributed by atoms with Crippen LogP contribution in [0.2, 0.25) is 0 Å². The van der Waals surface area contributed by atoms with Crippen molar-refractivity contribution in [2.45, 2.75) is 76.9 Å². The van der Waals surface area contributed by atoms with E-state index >= 15 is 0 Å². The smallest absolute Gasteiger partial charge is 0.186 e. The van der Waals surface area contributed by atoms with Gasteiger partial charge in [-0.2, -0.15) is 0 Å². The predicted octanol–water partition coefficient (Wildman–Crippen LogP) is 3.86. The molecule has 4 rings (SSSR count). The lowest BCUT2D eigenvalue weighted by Gasteiger charge is -2.29. The van der Waals surface area contributed by atoms with Crippen LogP contribution in [0.4, 0.5) is 5.13 Å². The highest BCUT2D eigenvalue weighted by Gasteiger charge is 2.35. The summed E-state index contributed by atoms with van der Waals surface area (Å²) in [4.78, 5) is 9.02. The van der Waals surface area contributed by atoms with Gasteiger partial charge in [0.15, 0.2) is 5.13 Å². The summed E-state index contributed by atoms with van der Waals surface area (Å²) in [5.41, 5.74) is 1.25. The maximum Gasteiger partial charge on any atom is 0.186 e. The van der Waals surface area contributed by atoms with Gasteiger partial charge in [0.1, 0.15) is 0 Å². The number of aromatic nitrogens is 1. The van der Waals surface area contributed by atoms with Crippen molar-refractivity contribution >= 4 is 16.5 Å². The van der Waals surface area contributed by atoms with Gasteiger partial charge in [0.25, 0.3) is 0 Å². The zero-order valence-electron chi connectivity index (χ0n) is 13.1. The quantitative estimate of drug-likeness (QED) is 0.895. The molecule has 0 aromatic carbocycles. The zero-order valence-corrected chi connectivity index (χ0v) is 13.9. The van der Waals surface area contributed by atoms with Gasteiger partial charge >= 0.3 is 0 Å². The lowest BCUT2D eigenvalue weighted by molar-refractivity contribution is 0.430. The van der Waals surface area contributed by atoms with Gasteiger partial charge in [0.2, 0.25) is 0 Å². The minimum absolute atomic E-state index is 0.780. The average molecular weight is 305 g/mol. The van der Waals surface area contributed by atoms with Crippen molar-refractivity contribution in [1.29, 1.82) is 0 Å². The minimum atomic E-state index is 0.780. The van der Waals surface area contributed by atoms with Crippen molar-refractivity contribution in [2.75, 3.05) is 11.4 Å². The van der Waals surface area contributed by atoms with E-state index in [1.807, 2.05) is 11.3 Å². The third kappa shape index (κ3) is 2.98. The van der Waals surface area contributed by atoms with Gasteiger partial charge in [-0.25, -0.2) is 4.98 Å². The second-order valence-electron chi connectivity index (χ2n) is 7.11. The molecular formula is C17H27N3S. The Morgan fingerprint density at radius 3 is 2.71 bits per heavy atom. The lowest BCUT2D eigenvalue weighted by atomic mass is 9.96. The molecule has 3 fully saturated rings. The minimum Gasteiger partial charge on any atom is -0.345 e. The largest absolute Gasteiger partial charge is 0.345 e. The van der Waals surface area contributed by atoms with Gasteiger partial charge in [0.05, 0.1) is 5.69 Å². The van der Waals surface area contributed by atoms with E-state index in [0.717, 1.165) is 24.5 Å². The highest BCUT2D eigenvalue weighted by molar-refractivity contribution is 7.15. The van der Waals surface area contributed by atoms with Crippen LogP contribution in [0.3, 0.4) is 0 Å². The van der Waals surface area contributed by atoms with Gasteiger partial charge in [-0.05, 0) is 51.4 Å². The number of nitrogens with zero attached hydrogens (tertiary/aromatic N) is 2. The Bertz CT molecular complexity index is 488. The first-order valence-electron chi connectivity index (χ1n) is 8.77. The fourth-order valence-electron chi connectivity index (χ4n) is 4.09. The van der Waals surface area contributed by atoms with Gasteiger partial charge in [-0.1, -0.05) is 12.8 Å². The molecule has 4 heteroatoms. The van der Waals surface area contributed by atoms with Crippen LogP contribution in [0.25, 0.3) is 0 Å². The standard InChI is InChI=1S/C17H27N3S/c1-12-16(11-18-14-8-9-14)21-17(19-12)20-10-4-7-15(20)13-5-2-3-6-13/h13-15,18H,2-11H2,1H3. The molecule has 1 aromatic heterocycles. The van der Waals surface area contributed by atoms with Crippen LogP contribution in [-0.4, -0.2) is 23.6 Å². The SMILES string of the molecule is Cc1nc(N2CCCC2C2CCCC2)sc1CNC1CC1. The molecule has 116 valence electrons. The number of hydrogen-bond donors (Lipinski definition) is 1. The Morgan fingerprint density at radius 1 is 1.14 bits per heavy atom. The maximum atomic E-state index is 4.92. The molecule has 1 aromatic rings. The second kappa shape index (κ2) is 5.88. The molecule has 2 heterocycles. The van der Waals surface area contributed by atoms with Crippen LogP contribution >= 0.6 is 11.3 Å². The normalized spacial score (nSPS) is 26.9. The van der Waals surface area contributed by atoms with Crippen LogP contribution in [0.5, 0.6) is 0 Å². The number of nitrogens with one attached hydrogen (secondary N) is 1. The molecule has 1 N–H and O–H groups in total. The van der Waals surface area contributed by atoms with E-state index in [-0.39, 0.29) is 0 Å². The Morgan fingerprint density at radius 2 is 1.95 bits per heavy atom. The summed E-state index contributed by atoms with van der Waals surface area (Å²) < 4.78 is 0. The molecule has 0 bridgehead atoms. The Balaban J connectivity index is 1.47. The molecular weight excluding hydrogens is 278 g/mol. The van der Waals surface area contributed by atoms with E-state index < -0.39 is 0 Å². The monoisotopic (exact) mass is 305 g/mol. The van der Waals surface area contributed by atoms with Gasteiger partial charge in [-0.3, -0.25) is 0 Å². The molecule has 1 atom stereocenters. The molecule has 2 saturated carbocycles. The van der Waals surface area contributed by atoms with E-state index in [1.54, 1.807) is 0 Å². The van der Waals surface area contributed by atoms with Crippen LogP contribution in [0.15, 0.2) is 0 Å². The number of aryl methyl sites for hydroxylation is 1. The van der Waals surface area contributed by atoms with Gasteiger partial charge < -0.3 is 10.2 Å².